The van der Waals surface area contributed by atoms with E-state index in [-0.39, 0.29) is 24.3 Å². The molecule has 0 saturated carbocycles. The van der Waals surface area contributed by atoms with Crippen molar-refractivity contribution in [1.82, 2.24) is 29.7 Å². The van der Waals surface area contributed by atoms with E-state index in [1.807, 2.05) is 47.7 Å². The zero-order valence-corrected chi connectivity index (χ0v) is 31.0. The molecule has 2 fully saturated rings. The van der Waals surface area contributed by atoms with Crippen molar-refractivity contribution in [2.45, 2.75) is 103 Å². The number of fused-ring (bicyclic) bond motifs is 4. The van der Waals surface area contributed by atoms with E-state index in [0.29, 0.717) is 13.1 Å². The fourth-order valence-electron chi connectivity index (χ4n) is 7.94. The van der Waals surface area contributed by atoms with E-state index in [1.165, 1.54) is 27.8 Å². The number of H-pyrrole nitrogens is 2. The highest BCUT2D eigenvalue weighted by Gasteiger charge is 2.36. The minimum absolute atomic E-state index is 0.111. The van der Waals surface area contributed by atoms with Crippen molar-refractivity contribution in [3.8, 4) is 33.5 Å². The number of rotatable bonds is 4. The number of hydrogen-bond donors (Lipinski definition) is 2. The van der Waals surface area contributed by atoms with Gasteiger partial charge in [0.15, 0.2) is 0 Å². The number of aryl methyl sites for hydroxylation is 2. The van der Waals surface area contributed by atoms with Crippen LogP contribution >= 0.6 is 0 Å². The Kier molecular flexibility index (Phi) is 8.38. The summed E-state index contributed by atoms with van der Waals surface area (Å²) in [4.78, 5) is 46.1. The predicted molar refractivity (Wildman–Crippen MR) is 202 cm³/mol. The van der Waals surface area contributed by atoms with E-state index in [2.05, 4.69) is 64.6 Å². The Hall–Kier alpha value is -5.12. The highest BCUT2D eigenvalue weighted by molar-refractivity contribution is 5.84. The van der Waals surface area contributed by atoms with Gasteiger partial charge < -0.3 is 19.4 Å². The van der Waals surface area contributed by atoms with Crippen molar-refractivity contribution in [2.75, 3.05) is 13.1 Å². The molecule has 4 heterocycles. The number of imidazole rings is 2. The summed E-state index contributed by atoms with van der Waals surface area (Å²) >= 11 is 0. The lowest BCUT2D eigenvalue weighted by Crippen LogP contribution is -2.36. The summed E-state index contributed by atoms with van der Waals surface area (Å²) in [5.74, 6) is 1.62. The Balaban J connectivity index is 0.996. The summed E-state index contributed by atoms with van der Waals surface area (Å²) in [6.45, 7) is 12.7. The van der Waals surface area contributed by atoms with Crippen LogP contribution < -0.4 is 0 Å². The SMILES string of the molecule is CC(C)(C)OC(=O)N1CCC[C@H]1c1ncc(-c2ccc3c(c2)CCc2cc(-c4ccc5nc([C@@H]6CCCN6C(=O)OC(C)(C)C)[nH]c5c4)ccc2-3)[nH]1. The third-order valence-electron chi connectivity index (χ3n) is 10.3. The number of aromatic amines is 2. The average molecular weight is 701 g/mol. The first-order valence-electron chi connectivity index (χ1n) is 18.6. The fourth-order valence-corrected chi connectivity index (χ4v) is 7.94. The van der Waals surface area contributed by atoms with Crippen LogP contribution in [0.1, 0.15) is 102 Å². The van der Waals surface area contributed by atoms with Gasteiger partial charge in [0.25, 0.3) is 0 Å². The molecule has 270 valence electrons. The second-order valence-electron chi connectivity index (χ2n) is 16.4. The summed E-state index contributed by atoms with van der Waals surface area (Å²) in [5.41, 5.74) is 10.3. The number of nitrogens with zero attached hydrogens (tertiary/aromatic N) is 4. The molecule has 0 spiro atoms. The van der Waals surface area contributed by atoms with Gasteiger partial charge in [0.05, 0.1) is 35.0 Å². The molecule has 52 heavy (non-hydrogen) atoms. The average Bonchev–Trinajstić information content (AvgIpc) is 3.91. The second kappa shape index (κ2) is 12.8. The lowest BCUT2D eigenvalue weighted by molar-refractivity contribution is 0.0208. The first-order chi connectivity index (χ1) is 24.8. The van der Waals surface area contributed by atoms with E-state index < -0.39 is 11.2 Å². The lowest BCUT2D eigenvalue weighted by Gasteiger charge is -2.27. The minimum Gasteiger partial charge on any atom is -0.444 e. The summed E-state index contributed by atoms with van der Waals surface area (Å²) in [6.07, 6.45) is 6.79. The highest BCUT2D eigenvalue weighted by Crippen LogP contribution is 2.39. The fraction of sp³-hybridized carbons (Fsp3) is 0.429. The van der Waals surface area contributed by atoms with E-state index in [1.54, 1.807) is 9.80 Å². The molecule has 2 aromatic heterocycles. The molecule has 0 unspecified atom stereocenters. The third kappa shape index (κ3) is 6.66. The van der Waals surface area contributed by atoms with Crippen molar-refractivity contribution < 1.29 is 19.1 Å². The van der Waals surface area contributed by atoms with Crippen LogP contribution in [0.3, 0.4) is 0 Å². The van der Waals surface area contributed by atoms with Crippen molar-refractivity contribution >= 4 is 23.2 Å². The third-order valence-corrected chi connectivity index (χ3v) is 10.3. The molecule has 0 bridgehead atoms. The smallest absolute Gasteiger partial charge is 0.410 e. The Bertz CT molecular complexity index is 2170. The number of hydrogen-bond acceptors (Lipinski definition) is 6. The van der Waals surface area contributed by atoms with Gasteiger partial charge >= 0.3 is 12.2 Å². The van der Waals surface area contributed by atoms with Crippen LogP contribution in [0.5, 0.6) is 0 Å². The molecule has 2 saturated heterocycles. The van der Waals surface area contributed by atoms with Gasteiger partial charge in [-0.3, -0.25) is 9.80 Å². The quantitative estimate of drug-likeness (QED) is 0.193. The molecule has 0 radical (unpaired) electrons. The van der Waals surface area contributed by atoms with Crippen LogP contribution in [-0.2, 0) is 22.3 Å². The zero-order valence-electron chi connectivity index (χ0n) is 31.0. The number of aromatic nitrogens is 4. The minimum atomic E-state index is -0.540. The predicted octanol–water partition coefficient (Wildman–Crippen LogP) is 9.53. The van der Waals surface area contributed by atoms with Crippen LogP contribution in [0.4, 0.5) is 9.59 Å². The van der Waals surface area contributed by atoms with Crippen molar-refractivity contribution in [1.29, 1.82) is 0 Å². The summed E-state index contributed by atoms with van der Waals surface area (Å²) in [7, 11) is 0. The largest absolute Gasteiger partial charge is 0.444 e. The molecule has 3 aromatic carbocycles. The van der Waals surface area contributed by atoms with E-state index >= 15 is 0 Å². The first kappa shape index (κ1) is 34.0. The molecule has 10 nitrogen and oxygen atoms in total. The zero-order chi connectivity index (χ0) is 36.4. The number of benzene rings is 3. The van der Waals surface area contributed by atoms with E-state index in [4.69, 9.17) is 19.4 Å². The van der Waals surface area contributed by atoms with Gasteiger partial charge in [-0.15, -0.1) is 0 Å². The second-order valence-corrected chi connectivity index (χ2v) is 16.4. The van der Waals surface area contributed by atoms with Crippen LogP contribution in [0.2, 0.25) is 0 Å². The molecule has 10 heteroatoms. The molecular weight excluding hydrogens is 652 g/mol. The van der Waals surface area contributed by atoms with Crippen molar-refractivity contribution in [2.24, 2.45) is 0 Å². The standard InChI is InChI=1S/C42H48N6O4/c1-41(2,3)51-39(49)47-19-7-9-35(47)37-43-24-34(46-37)29-14-17-31-28(22-29)12-11-27-21-25(13-16-30(27)31)26-15-18-32-33(23-26)45-38(44-32)36-10-8-20-48(36)40(50)52-42(4,5)6/h13-18,21-24,35-36H,7-12,19-20H2,1-6H3,(H,43,46)(H,44,45)/t35-,36-/m0/s1. The number of carbonyl (C=O) groups is 2. The maximum absolute atomic E-state index is 12.9. The molecule has 3 aliphatic rings. The molecule has 2 aliphatic heterocycles. The normalized spacial score (nSPS) is 18.8. The molecule has 2 amide bonds. The number of ether oxygens (including phenoxy) is 2. The number of likely N-dealkylation sites (tertiary alicyclic amines) is 2. The van der Waals surface area contributed by atoms with Crippen LogP contribution in [0.25, 0.3) is 44.5 Å². The van der Waals surface area contributed by atoms with Gasteiger partial charge in [0, 0.05) is 13.1 Å². The maximum atomic E-state index is 12.9. The first-order valence-corrected chi connectivity index (χ1v) is 18.6. The Morgan fingerprint density at radius 2 is 1.23 bits per heavy atom. The van der Waals surface area contributed by atoms with Crippen LogP contribution in [0, 0.1) is 0 Å². The van der Waals surface area contributed by atoms with Gasteiger partial charge in [0.2, 0.25) is 0 Å². The monoisotopic (exact) mass is 700 g/mol. The highest BCUT2D eigenvalue weighted by atomic mass is 16.6. The summed E-state index contributed by atoms with van der Waals surface area (Å²) in [5, 5.41) is 0. The van der Waals surface area contributed by atoms with E-state index in [9.17, 15) is 9.59 Å². The summed E-state index contributed by atoms with van der Waals surface area (Å²) < 4.78 is 11.4. The van der Waals surface area contributed by atoms with Crippen molar-refractivity contribution in [3.63, 3.8) is 0 Å². The number of nitrogens with one attached hydrogen (secondary N) is 2. The Labute approximate surface area is 304 Å². The van der Waals surface area contributed by atoms with Gasteiger partial charge in [-0.2, -0.15) is 0 Å². The maximum Gasteiger partial charge on any atom is 0.410 e. The van der Waals surface area contributed by atoms with Gasteiger partial charge in [-0.05, 0) is 137 Å². The van der Waals surface area contributed by atoms with E-state index in [0.717, 1.165) is 78.0 Å². The topological polar surface area (TPSA) is 116 Å². The molecule has 8 rings (SSSR count). The molecule has 5 aromatic rings. The summed E-state index contributed by atoms with van der Waals surface area (Å²) in [6, 6.07) is 19.6. The molecule has 1 aliphatic carbocycles. The van der Waals surface area contributed by atoms with Crippen LogP contribution in [-0.4, -0.2) is 66.2 Å². The molecule has 2 atom stereocenters. The number of carbonyl (C=O) groups excluding carboxylic acids is 2. The van der Waals surface area contributed by atoms with Gasteiger partial charge in [-0.25, -0.2) is 19.6 Å². The number of amides is 2. The Morgan fingerprint density at radius 3 is 1.85 bits per heavy atom. The molecule has 2 N–H and O–H groups in total. The van der Waals surface area contributed by atoms with Gasteiger partial charge in [0.1, 0.15) is 22.9 Å². The van der Waals surface area contributed by atoms with Crippen molar-refractivity contribution in [3.05, 3.63) is 83.6 Å². The van der Waals surface area contributed by atoms with Crippen LogP contribution in [0.15, 0.2) is 60.8 Å². The van der Waals surface area contributed by atoms with Gasteiger partial charge in [-0.1, -0.05) is 36.4 Å². The lowest BCUT2D eigenvalue weighted by atomic mass is 9.83. The Morgan fingerprint density at radius 1 is 0.692 bits per heavy atom. The molecular formula is C42H48N6O4.